The molecule has 0 saturated heterocycles. The Morgan fingerprint density at radius 2 is 1.87 bits per heavy atom. The first-order chi connectivity index (χ1) is 14.6. The van der Waals surface area contributed by atoms with Gasteiger partial charge in [-0.05, 0) is 36.8 Å². The lowest BCUT2D eigenvalue weighted by Crippen LogP contribution is -2.12. The summed E-state index contributed by atoms with van der Waals surface area (Å²) in [6.07, 6.45) is 5.21. The Morgan fingerprint density at radius 1 is 1.10 bits per heavy atom. The average Bonchev–Trinajstić information content (AvgIpc) is 3.30. The lowest BCUT2D eigenvalue weighted by Gasteiger charge is -2.13. The number of hydrogen-bond donors (Lipinski definition) is 0. The topological polar surface area (TPSA) is 70.7 Å². The molecule has 0 atom stereocenters. The Balaban J connectivity index is 1.71. The number of rotatable bonds is 4. The molecule has 0 bridgehead atoms. The summed E-state index contributed by atoms with van der Waals surface area (Å²) < 4.78 is 24.2. The zero-order chi connectivity index (χ0) is 22.3. The van der Waals surface area contributed by atoms with Crippen molar-refractivity contribution in [3.05, 3.63) is 59.9 Å². The van der Waals surface area contributed by atoms with E-state index < -0.39 is 0 Å². The number of nitrogens with zero attached hydrogens (tertiary/aromatic N) is 6. The molecule has 0 N–H and O–H groups in total. The summed E-state index contributed by atoms with van der Waals surface area (Å²) in [6, 6.07) is 7.02. The minimum Gasteiger partial charge on any atom is -0.424 e. The molecular weight excluding hydrogens is 395 g/mol. The second-order valence-electron chi connectivity index (χ2n) is 8.62. The van der Waals surface area contributed by atoms with Crippen molar-refractivity contribution in [2.24, 2.45) is 14.1 Å². The molecule has 0 aliphatic rings. The summed E-state index contributed by atoms with van der Waals surface area (Å²) in [5, 5.41) is 8.73. The van der Waals surface area contributed by atoms with Crippen LogP contribution >= 0.6 is 0 Å². The normalized spacial score (nSPS) is 11.7. The molecule has 160 valence electrons. The van der Waals surface area contributed by atoms with Gasteiger partial charge < -0.3 is 4.74 Å². The first-order valence-corrected chi connectivity index (χ1v) is 9.97. The molecule has 0 saturated carbocycles. The van der Waals surface area contributed by atoms with E-state index in [-0.39, 0.29) is 17.2 Å². The van der Waals surface area contributed by atoms with Crippen molar-refractivity contribution in [2.75, 3.05) is 0 Å². The third kappa shape index (κ3) is 4.19. The van der Waals surface area contributed by atoms with Crippen LogP contribution < -0.4 is 4.74 Å². The minimum absolute atomic E-state index is 0.142. The van der Waals surface area contributed by atoms with Gasteiger partial charge in [0.05, 0.1) is 23.3 Å². The van der Waals surface area contributed by atoms with Crippen molar-refractivity contribution in [1.29, 1.82) is 0 Å². The molecule has 0 aliphatic heterocycles. The molecule has 3 aromatic heterocycles. The molecule has 0 unspecified atom stereocenters. The first-order valence-electron chi connectivity index (χ1n) is 9.97. The summed E-state index contributed by atoms with van der Waals surface area (Å²) in [4.78, 5) is 8.69. The summed E-state index contributed by atoms with van der Waals surface area (Å²) in [5.74, 6) is 0.150. The molecular formula is C23H25FN6O. The van der Waals surface area contributed by atoms with Crippen LogP contribution in [-0.2, 0) is 19.5 Å². The highest BCUT2D eigenvalue weighted by molar-refractivity contribution is 5.65. The maximum absolute atomic E-state index is 14.9. The van der Waals surface area contributed by atoms with Crippen molar-refractivity contribution in [1.82, 2.24) is 29.5 Å². The van der Waals surface area contributed by atoms with Gasteiger partial charge in [-0.2, -0.15) is 15.2 Å². The Morgan fingerprint density at radius 3 is 2.52 bits per heavy atom. The van der Waals surface area contributed by atoms with Crippen LogP contribution in [0.1, 0.15) is 32.0 Å². The van der Waals surface area contributed by atoms with E-state index in [0.29, 0.717) is 28.3 Å². The fourth-order valence-electron chi connectivity index (χ4n) is 3.25. The number of aromatic nitrogens is 6. The molecule has 31 heavy (non-hydrogen) atoms. The molecule has 1 aromatic carbocycles. The van der Waals surface area contributed by atoms with E-state index in [1.807, 2.05) is 26.4 Å². The highest BCUT2D eigenvalue weighted by atomic mass is 19.1. The molecule has 4 rings (SSSR count). The number of hydrogen-bond acceptors (Lipinski definition) is 5. The van der Waals surface area contributed by atoms with Crippen LogP contribution in [-0.4, -0.2) is 29.5 Å². The molecule has 7 nitrogen and oxygen atoms in total. The zero-order valence-corrected chi connectivity index (χ0v) is 18.5. The number of halogens is 1. The summed E-state index contributed by atoms with van der Waals surface area (Å²) >= 11 is 0. The van der Waals surface area contributed by atoms with E-state index in [1.54, 1.807) is 40.8 Å². The predicted octanol–water partition coefficient (Wildman–Crippen LogP) is 4.81. The van der Waals surface area contributed by atoms with Gasteiger partial charge in [0.2, 0.25) is 0 Å². The Labute approximate surface area is 180 Å². The lowest BCUT2D eigenvalue weighted by atomic mass is 9.92. The van der Waals surface area contributed by atoms with Crippen molar-refractivity contribution in [2.45, 2.75) is 33.1 Å². The molecule has 0 aliphatic carbocycles. The average molecular weight is 420 g/mol. The quantitative estimate of drug-likeness (QED) is 0.474. The van der Waals surface area contributed by atoms with Crippen LogP contribution in [0.5, 0.6) is 11.8 Å². The van der Waals surface area contributed by atoms with E-state index >= 15 is 0 Å². The predicted molar refractivity (Wildman–Crippen MR) is 116 cm³/mol. The van der Waals surface area contributed by atoms with E-state index in [9.17, 15) is 4.39 Å². The Hall–Kier alpha value is -3.55. The molecule has 3 heterocycles. The summed E-state index contributed by atoms with van der Waals surface area (Å²) in [6.45, 7) is 8.01. The fraction of sp³-hybridized carbons (Fsp3) is 0.304. The van der Waals surface area contributed by atoms with Crippen LogP contribution in [0.25, 0.3) is 22.5 Å². The van der Waals surface area contributed by atoms with Gasteiger partial charge in [0.1, 0.15) is 11.6 Å². The van der Waals surface area contributed by atoms with Gasteiger partial charge >= 0.3 is 6.01 Å². The molecule has 8 heteroatoms. The third-order valence-electron chi connectivity index (χ3n) is 5.02. The minimum atomic E-state index is -0.335. The number of benzene rings is 1. The first kappa shape index (κ1) is 20.7. The molecule has 0 radical (unpaired) electrons. The monoisotopic (exact) mass is 420 g/mol. The van der Waals surface area contributed by atoms with Crippen LogP contribution in [0.4, 0.5) is 4.39 Å². The van der Waals surface area contributed by atoms with Crippen LogP contribution in [0.15, 0.2) is 42.9 Å². The van der Waals surface area contributed by atoms with E-state index in [2.05, 4.69) is 40.9 Å². The standard InChI is InChI=1S/C23H25FN6O/c1-14-9-17(24)16(19-11-21(23(2,3)4)28-30(19)6)10-20(14)31-22-25-8-7-18(27-22)15-12-26-29(5)13-15/h7-13H,1-6H3. The molecule has 0 spiro atoms. The molecule has 4 aromatic rings. The summed E-state index contributed by atoms with van der Waals surface area (Å²) in [7, 11) is 3.65. The fourth-order valence-corrected chi connectivity index (χ4v) is 3.25. The molecule has 0 fully saturated rings. The van der Waals surface area contributed by atoms with Crippen molar-refractivity contribution >= 4 is 0 Å². The smallest absolute Gasteiger partial charge is 0.322 e. The zero-order valence-electron chi connectivity index (χ0n) is 18.5. The molecule has 0 amide bonds. The second-order valence-corrected chi connectivity index (χ2v) is 8.62. The van der Waals surface area contributed by atoms with Gasteiger partial charge in [0.25, 0.3) is 0 Å². The van der Waals surface area contributed by atoms with E-state index in [4.69, 9.17) is 4.74 Å². The van der Waals surface area contributed by atoms with Gasteiger partial charge in [-0.25, -0.2) is 9.37 Å². The SMILES string of the molecule is Cc1cc(F)c(-c2cc(C(C)(C)C)nn2C)cc1Oc1nccc(-c2cnn(C)c2)n1. The highest BCUT2D eigenvalue weighted by Gasteiger charge is 2.22. The number of aryl methyl sites for hydroxylation is 3. The van der Waals surface area contributed by atoms with E-state index in [1.165, 1.54) is 6.07 Å². The Bertz CT molecular complexity index is 1250. The van der Waals surface area contributed by atoms with Crippen molar-refractivity contribution < 1.29 is 9.13 Å². The highest BCUT2D eigenvalue weighted by Crippen LogP contribution is 2.34. The lowest BCUT2D eigenvalue weighted by molar-refractivity contribution is 0.438. The van der Waals surface area contributed by atoms with Gasteiger partial charge in [0, 0.05) is 43.0 Å². The maximum atomic E-state index is 14.9. The maximum Gasteiger partial charge on any atom is 0.322 e. The van der Waals surface area contributed by atoms with Gasteiger partial charge in [-0.15, -0.1) is 0 Å². The van der Waals surface area contributed by atoms with Crippen LogP contribution in [0.2, 0.25) is 0 Å². The van der Waals surface area contributed by atoms with Crippen LogP contribution in [0, 0.1) is 12.7 Å². The van der Waals surface area contributed by atoms with Crippen LogP contribution in [0.3, 0.4) is 0 Å². The number of ether oxygens (including phenoxy) is 1. The van der Waals surface area contributed by atoms with Crippen molar-refractivity contribution in [3.8, 4) is 34.3 Å². The Kier molecular flexibility index (Phi) is 5.08. The van der Waals surface area contributed by atoms with E-state index in [0.717, 1.165) is 11.3 Å². The third-order valence-corrected chi connectivity index (χ3v) is 5.02. The van der Waals surface area contributed by atoms with Gasteiger partial charge in [-0.3, -0.25) is 9.36 Å². The van der Waals surface area contributed by atoms with Gasteiger partial charge in [0.15, 0.2) is 0 Å². The van der Waals surface area contributed by atoms with Crippen molar-refractivity contribution in [3.63, 3.8) is 0 Å². The second kappa shape index (κ2) is 7.61. The largest absolute Gasteiger partial charge is 0.424 e. The van der Waals surface area contributed by atoms with Gasteiger partial charge in [-0.1, -0.05) is 20.8 Å². The summed E-state index contributed by atoms with van der Waals surface area (Å²) in [5.41, 5.74) is 4.04.